The number of ketones is 1. The second-order valence-corrected chi connectivity index (χ2v) is 14.9. The zero-order valence-corrected chi connectivity index (χ0v) is 27.4. The Morgan fingerprint density at radius 1 is 0.935 bits per heavy atom. The third-order valence-corrected chi connectivity index (χ3v) is 11.6. The summed E-state index contributed by atoms with van der Waals surface area (Å²) in [7, 11) is 0. The number of Topliss-reactive ketones (excluding diaryl/α,β-unsaturated/α-hetero) is 1. The van der Waals surface area contributed by atoms with E-state index in [1.54, 1.807) is 11.0 Å². The number of hydrogen-bond acceptors (Lipinski definition) is 6. The lowest BCUT2D eigenvalue weighted by atomic mass is 9.78. The molecule has 1 aromatic heterocycles. The van der Waals surface area contributed by atoms with Crippen molar-refractivity contribution in [1.82, 2.24) is 25.2 Å². The van der Waals surface area contributed by atoms with Gasteiger partial charge in [0.25, 0.3) is 11.8 Å². The molecule has 1 spiro atoms. The Labute approximate surface area is 275 Å². The molecule has 3 atom stereocenters. The van der Waals surface area contributed by atoms with Gasteiger partial charge in [0.2, 0.25) is 17.6 Å². The number of rotatable bonds is 11. The van der Waals surface area contributed by atoms with Crippen LogP contribution in [0.1, 0.15) is 107 Å². The van der Waals surface area contributed by atoms with Crippen LogP contribution in [0.25, 0.3) is 10.9 Å². The average molecular weight is 650 g/mol. The lowest BCUT2D eigenvalue weighted by molar-refractivity contribution is -0.146. The Bertz CT molecular complexity index is 1410. The van der Waals surface area contributed by atoms with Crippen LogP contribution in [0.15, 0.2) is 30.3 Å². The Morgan fingerprint density at radius 2 is 1.65 bits per heavy atom. The second kappa shape index (κ2) is 14.6. The maximum atomic E-state index is 14.0. The van der Waals surface area contributed by atoms with Crippen LogP contribution in [0.4, 0.5) is 0 Å². The fourth-order valence-corrected chi connectivity index (χ4v) is 8.94. The lowest BCUT2D eigenvalue weighted by Crippen LogP contribution is -2.51. The molecule has 4 aliphatic rings. The third kappa shape index (κ3) is 7.61. The number of H-pyrrole nitrogens is 1. The maximum Gasteiger partial charge on any atom is 0.292 e. The van der Waals surface area contributed by atoms with Crippen molar-refractivity contribution in [1.29, 1.82) is 0 Å². The summed E-state index contributed by atoms with van der Waals surface area (Å²) in [6.45, 7) is 1.05. The normalized spacial score (nSPS) is 22.8. The number of nitrogens with zero attached hydrogens (tertiary/aromatic N) is 1. The highest BCUT2D eigenvalue weighted by molar-refractivity contribution is 7.99. The molecule has 2 unspecified atom stereocenters. The first kappa shape index (κ1) is 32.6. The minimum atomic E-state index is -1.10. The van der Waals surface area contributed by atoms with Crippen molar-refractivity contribution in [2.45, 2.75) is 113 Å². The van der Waals surface area contributed by atoms with Gasteiger partial charge in [0.05, 0.1) is 6.04 Å². The molecule has 2 aliphatic heterocycles. The zero-order chi connectivity index (χ0) is 32.1. The van der Waals surface area contributed by atoms with E-state index in [0.717, 1.165) is 93.5 Å². The standard InChI is InChI=1S/C35H47N5O5S/c41-30(34(45)40-17-9-10-18-40)27(21-25-22-35(38-31(25)42)15-7-2-8-16-35)37-33(44)29(19-23-11-3-1-4-12-23)46-39-32(43)28-20-24-13-5-6-14-26(24)36-28/h5-6,13-14,20,23,25,27,29,36H,1-4,7-12,15-19,21-22H2,(H,37,44)(H,38,42)(H,39,43)/t25?,27?,29-/m0/s1. The Hall–Kier alpha value is -3.34. The van der Waals surface area contributed by atoms with Crippen molar-refractivity contribution in [2.24, 2.45) is 11.8 Å². The monoisotopic (exact) mass is 649 g/mol. The first-order valence-electron chi connectivity index (χ1n) is 17.3. The molecular weight excluding hydrogens is 602 g/mol. The number of aromatic amines is 1. The van der Waals surface area contributed by atoms with Gasteiger partial charge < -0.3 is 20.5 Å². The van der Waals surface area contributed by atoms with Gasteiger partial charge in [-0.1, -0.05) is 69.6 Å². The number of carbonyl (C=O) groups excluding carboxylic acids is 5. The summed E-state index contributed by atoms with van der Waals surface area (Å²) in [6, 6.07) is 8.32. The zero-order valence-electron chi connectivity index (χ0n) is 26.6. The number of carbonyl (C=O) groups is 5. The van der Waals surface area contributed by atoms with Crippen LogP contribution in [0.5, 0.6) is 0 Å². The van der Waals surface area contributed by atoms with E-state index in [0.29, 0.717) is 37.5 Å². The van der Waals surface area contributed by atoms with E-state index in [-0.39, 0.29) is 29.7 Å². The average Bonchev–Trinajstić information content (AvgIpc) is 3.82. The highest BCUT2D eigenvalue weighted by atomic mass is 32.2. The Kier molecular flexibility index (Phi) is 10.4. The van der Waals surface area contributed by atoms with Crippen LogP contribution in [0, 0.1) is 11.8 Å². The number of likely N-dealkylation sites (tertiary alicyclic amines) is 1. The van der Waals surface area contributed by atoms with E-state index in [4.69, 9.17) is 0 Å². The molecule has 10 nitrogen and oxygen atoms in total. The van der Waals surface area contributed by atoms with E-state index in [2.05, 4.69) is 20.3 Å². The summed E-state index contributed by atoms with van der Waals surface area (Å²) in [5.74, 6) is -2.18. The first-order chi connectivity index (χ1) is 22.3. The molecule has 0 radical (unpaired) electrons. The quantitative estimate of drug-likeness (QED) is 0.204. The number of fused-ring (bicyclic) bond motifs is 1. The van der Waals surface area contributed by atoms with E-state index >= 15 is 0 Å². The Balaban J connectivity index is 1.18. The van der Waals surface area contributed by atoms with Crippen LogP contribution in [-0.2, 0) is 19.2 Å². The minimum Gasteiger partial charge on any atom is -0.351 e. The number of benzene rings is 1. The summed E-state index contributed by atoms with van der Waals surface area (Å²) in [5, 5.41) is 6.43. The molecule has 4 fully saturated rings. The summed E-state index contributed by atoms with van der Waals surface area (Å²) in [4.78, 5) is 72.2. The molecular formula is C35H47N5O5S. The van der Waals surface area contributed by atoms with Crippen molar-refractivity contribution in [3.63, 3.8) is 0 Å². The SMILES string of the molecule is O=C(NS[C@@H](CC1CCCCC1)C(=O)NC(CC1CC2(CCCCC2)NC1=O)C(=O)C(=O)N1CCCC1)c1cc2ccccc2[nH]1. The van der Waals surface area contributed by atoms with E-state index in [1.165, 1.54) is 6.42 Å². The molecule has 0 bridgehead atoms. The van der Waals surface area contributed by atoms with Crippen molar-refractivity contribution in [2.75, 3.05) is 13.1 Å². The Morgan fingerprint density at radius 3 is 2.39 bits per heavy atom. The van der Waals surface area contributed by atoms with Crippen LogP contribution in [-0.4, -0.2) is 69.2 Å². The number of nitrogens with one attached hydrogen (secondary N) is 4. The van der Waals surface area contributed by atoms with E-state index < -0.39 is 28.9 Å². The molecule has 2 aromatic rings. The molecule has 11 heteroatoms. The van der Waals surface area contributed by atoms with Gasteiger partial charge in [0, 0.05) is 35.4 Å². The van der Waals surface area contributed by atoms with Gasteiger partial charge in [-0.15, -0.1) is 0 Å². The van der Waals surface area contributed by atoms with Crippen LogP contribution < -0.4 is 15.4 Å². The second-order valence-electron chi connectivity index (χ2n) is 13.9. The van der Waals surface area contributed by atoms with Crippen LogP contribution >= 0.6 is 11.9 Å². The molecule has 4 amide bonds. The molecule has 2 aliphatic carbocycles. The molecule has 4 N–H and O–H groups in total. The van der Waals surface area contributed by atoms with Crippen LogP contribution in [0.2, 0.25) is 0 Å². The molecule has 2 saturated heterocycles. The predicted molar refractivity (Wildman–Crippen MR) is 178 cm³/mol. The number of amides is 4. The fraction of sp³-hybridized carbons (Fsp3) is 0.629. The molecule has 6 rings (SSSR count). The van der Waals surface area contributed by atoms with E-state index in [1.807, 2.05) is 24.3 Å². The summed E-state index contributed by atoms with van der Waals surface area (Å²) >= 11 is 1.07. The lowest BCUT2D eigenvalue weighted by Gasteiger charge is -2.33. The summed E-state index contributed by atoms with van der Waals surface area (Å²) in [6.07, 6.45) is 13.5. The largest absolute Gasteiger partial charge is 0.351 e. The van der Waals surface area contributed by atoms with Crippen molar-refractivity contribution in [3.8, 4) is 0 Å². The minimum absolute atomic E-state index is 0.0960. The molecule has 1 aromatic carbocycles. The van der Waals surface area contributed by atoms with Crippen LogP contribution in [0.3, 0.4) is 0 Å². The van der Waals surface area contributed by atoms with Crippen molar-refractivity contribution in [3.05, 3.63) is 36.0 Å². The van der Waals surface area contributed by atoms with Crippen molar-refractivity contribution < 1.29 is 24.0 Å². The van der Waals surface area contributed by atoms with Gasteiger partial charge in [-0.05, 0) is 74.9 Å². The molecule has 2 saturated carbocycles. The molecule has 248 valence electrons. The highest BCUT2D eigenvalue weighted by Crippen LogP contribution is 2.39. The van der Waals surface area contributed by atoms with Gasteiger partial charge in [-0.3, -0.25) is 28.7 Å². The molecule has 3 heterocycles. The van der Waals surface area contributed by atoms with E-state index in [9.17, 15) is 24.0 Å². The fourth-order valence-electron chi connectivity index (χ4n) is 8.04. The van der Waals surface area contributed by atoms with Gasteiger partial charge >= 0.3 is 0 Å². The molecule has 46 heavy (non-hydrogen) atoms. The third-order valence-electron chi connectivity index (χ3n) is 10.6. The van der Waals surface area contributed by atoms with Gasteiger partial charge in [-0.2, -0.15) is 0 Å². The van der Waals surface area contributed by atoms with Gasteiger partial charge in [0.15, 0.2) is 0 Å². The highest BCUT2D eigenvalue weighted by Gasteiger charge is 2.46. The van der Waals surface area contributed by atoms with Gasteiger partial charge in [0.1, 0.15) is 10.9 Å². The number of aromatic nitrogens is 1. The van der Waals surface area contributed by atoms with Crippen molar-refractivity contribution >= 4 is 52.3 Å². The topological polar surface area (TPSA) is 140 Å². The summed E-state index contributed by atoms with van der Waals surface area (Å²) in [5.41, 5.74) is 1.01. The number of hydrogen-bond donors (Lipinski definition) is 4. The first-order valence-corrected chi connectivity index (χ1v) is 18.2. The summed E-state index contributed by atoms with van der Waals surface area (Å²) < 4.78 is 2.88. The van der Waals surface area contributed by atoms with Gasteiger partial charge in [-0.25, -0.2) is 0 Å². The number of para-hydroxylation sites is 1. The maximum absolute atomic E-state index is 14.0. The smallest absolute Gasteiger partial charge is 0.292 e. The predicted octanol–water partition coefficient (Wildman–Crippen LogP) is 4.79.